The Balaban J connectivity index is 1.08. The zero-order chi connectivity index (χ0) is 30.8. The summed E-state index contributed by atoms with van der Waals surface area (Å²) in [4.78, 5) is 38.7. The van der Waals surface area contributed by atoms with E-state index in [1.54, 1.807) is 16.6 Å². The van der Waals surface area contributed by atoms with Gasteiger partial charge in [0, 0.05) is 63.6 Å². The summed E-state index contributed by atoms with van der Waals surface area (Å²) in [6, 6.07) is 14.2. The fourth-order valence-electron chi connectivity index (χ4n) is 6.81. The van der Waals surface area contributed by atoms with E-state index in [0.29, 0.717) is 48.9 Å². The van der Waals surface area contributed by atoms with Crippen LogP contribution < -0.4 is 4.90 Å². The second kappa shape index (κ2) is 12.5. The number of anilines is 1. The lowest BCUT2D eigenvalue weighted by Crippen LogP contribution is -2.54. The van der Waals surface area contributed by atoms with Gasteiger partial charge in [0.15, 0.2) is 5.82 Å². The van der Waals surface area contributed by atoms with Gasteiger partial charge in [-0.15, -0.1) is 0 Å². The minimum absolute atomic E-state index is 0.0924. The van der Waals surface area contributed by atoms with Crippen LogP contribution in [0.15, 0.2) is 59.7 Å². The summed E-state index contributed by atoms with van der Waals surface area (Å²) in [7, 11) is 1.64. The molecule has 2 amide bonds. The average Bonchev–Trinajstić information content (AvgIpc) is 3.48. The molecule has 0 aliphatic carbocycles. The van der Waals surface area contributed by atoms with E-state index in [0.717, 1.165) is 25.3 Å². The lowest BCUT2D eigenvalue weighted by molar-refractivity contribution is -0.0329. The number of benzene rings is 2. The molecular weight excluding hydrogens is 561 g/mol. The topological polar surface area (TPSA) is 97.5 Å². The van der Waals surface area contributed by atoms with Gasteiger partial charge in [-0.25, -0.2) is 14.1 Å². The van der Waals surface area contributed by atoms with Gasteiger partial charge in [-0.3, -0.25) is 14.5 Å². The molecule has 1 N–H and O–H groups in total. The molecule has 0 radical (unpaired) electrons. The number of piperidine rings is 2. The summed E-state index contributed by atoms with van der Waals surface area (Å²) in [6.45, 7) is 8.82. The van der Waals surface area contributed by atoms with Gasteiger partial charge in [-0.2, -0.15) is 5.10 Å². The van der Waals surface area contributed by atoms with Gasteiger partial charge in [0.2, 0.25) is 0 Å². The van der Waals surface area contributed by atoms with Gasteiger partial charge in [0.1, 0.15) is 11.4 Å². The van der Waals surface area contributed by atoms with Crippen molar-refractivity contribution in [1.29, 1.82) is 0 Å². The van der Waals surface area contributed by atoms with Crippen LogP contribution in [-0.4, -0.2) is 113 Å². The van der Waals surface area contributed by atoms with Crippen LogP contribution in [0, 0.1) is 5.82 Å². The van der Waals surface area contributed by atoms with E-state index in [9.17, 15) is 19.1 Å². The molecule has 3 fully saturated rings. The summed E-state index contributed by atoms with van der Waals surface area (Å²) in [6.07, 6.45) is 5.98. The largest absolute Gasteiger partial charge is 0.388 e. The summed E-state index contributed by atoms with van der Waals surface area (Å²) in [5, 5.41) is 15.8. The monoisotopic (exact) mass is 601 g/mol. The summed E-state index contributed by atoms with van der Waals surface area (Å²) in [5.74, 6) is -0.578. The highest BCUT2D eigenvalue weighted by Crippen LogP contribution is 2.30. The number of hydrogen-bond acceptors (Lipinski definition) is 7. The Morgan fingerprint density at radius 2 is 1.73 bits per heavy atom. The van der Waals surface area contributed by atoms with Crippen molar-refractivity contribution in [2.24, 2.45) is 4.99 Å². The summed E-state index contributed by atoms with van der Waals surface area (Å²) in [5.41, 5.74) is 1.51. The van der Waals surface area contributed by atoms with Gasteiger partial charge in [0.25, 0.3) is 11.8 Å². The number of likely N-dealkylation sites (tertiary alicyclic amines) is 1. The third-order valence-corrected chi connectivity index (χ3v) is 9.37. The number of halogens is 1. The SMILES string of the molecule is C=Nc1c(C(=O)N(C)CC2(O)CCN(C(=O)c3ccc(F)cc3)CC2)cnn1-c1ccc(N2CCN3CCCC[C@@H]3C2)cc1. The maximum atomic E-state index is 13.5. The second-order valence-electron chi connectivity index (χ2n) is 12.3. The first-order valence-corrected chi connectivity index (χ1v) is 15.4. The number of fused-ring (bicyclic) bond motifs is 1. The predicted octanol–water partition coefficient (Wildman–Crippen LogP) is 3.76. The number of piperazine rings is 1. The van der Waals surface area contributed by atoms with Crippen molar-refractivity contribution in [3.8, 4) is 5.69 Å². The lowest BCUT2D eigenvalue weighted by atomic mass is 9.90. The van der Waals surface area contributed by atoms with Gasteiger partial charge in [0.05, 0.1) is 17.5 Å². The molecule has 0 saturated carbocycles. The molecule has 1 aromatic heterocycles. The standard InChI is InChI=1S/C33H40FN7O3/c1-35-30-29(21-36-41(30)27-12-10-26(11-13-27)40-20-19-38-16-4-3-5-28(38)22-40)32(43)37(2)23-33(44)14-17-39(18-15-33)31(42)24-6-8-25(34)9-7-24/h6-13,21,28,44H,1,3-5,14-20,22-23H2,2H3/t28-/m1/s1. The van der Waals surface area contributed by atoms with Gasteiger partial charge < -0.3 is 19.8 Å². The minimum Gasteiger partial charge on any atom is -0.388 e. The van der Waals surface area contributed by atoms with Crippen molar-refractivity contribution in [3.63, 3.8) is 0 Å². The first-order chi connectivity index (χ1) is 21.2. The quantitative estimate of drug-likeness (QED) is 0.415. The minimum atomic E-state index is -1.15. The maximum Gasteiger partial charge on any atom is 0.259 e. The van der Waals surface area contributed by atoms with Crippen LogP contribution in [0.1, 0.15) is 52.8 Å². The number of rotatable bonds is 7. The van der Waals surface area contributed by atoms with Crippen LogP contribution in [0.3, 0.4) is 0 Å². The Kier molecular flexibility index (Phi) is 8.50. The fourth-order valence-corrected chi connectivity index (χ4v) is 6.81. The molecule has 10 nitrogen and oxygen atoms in total. The molecule has 3 aliphatic heterocycles. The van der Waals surface area contributed by atoms with Crippen molar-refractivity contribution in [2.45, 2.75) is 43.7 Å². The number of nitrogens with zero attached hydrogens (tertiary/aromatic N) is 7. The zero-order valence-corrected chi connectivity index (χ0v) is 25.2. The Labute approximate surface area is 257 Å². The Morgan fingerprint density at radius 1 is 1.02 bits per heavy atom. The molecule has 232 valence electrons. The molecule has 0 unspecified atom stereocenters. The van der Waals surface area contributed by atoms with E-state index in [4.69, 9.17) is 0 Å². The zero-order valence-electron chi connectivity index (χ0n) is 25.2. The van der Waals surface area contributed by atoms with E-state index in [-0.39, 0.29) is 18.4 Å². The van der Waals surface area contributed by atoms with Crippen LogP contribution in [-0.2, 0) is 0 Å². The molecule has 3 saturated heterocycles. The summed E-state index contributed by atoms with van der Waals surface area (Å²) >= 11 is 0. The molecule has 4 heterocycles. The van der Waals surface area contributed by atoms with E-state index >= 15 is 0 Å². The smallest absolute Gasteiger partial charge is 0.259 e. The highest BCUT2D eigenvalue weighted by atomic mass is 19.1. The highest BCUT2D eigenvalue weighted by molar-refractivity contribution is 5.98. The van der Waals surface area contributed by atoms with Crippen LogP contribution >= 0.6 is 0 Å². The molecule has 44 heavy (non-hydrogen) atoms. The number of carbonyl (C=O) groups is 2. The number of aliphatic imine (C=N–C) groups is 1. The van der Waals surface area contributed by atoms with E-state index < -0.39 is 11.4 Å². The van der Waals surface area contributed by atoms with Crippen LogP contribution in [0.4, 0.5) is 15.9 Å². The number of hydrogen-bond donors (Lipinski definition) is 1. The molecule has 2 aromatic carbocycles. The van der Waals surface area contributed by atoms with Crippen molar-refractivity contribution < 1.29 is 19.1 Å². The third-order valence-electron chi connectivity index (χ3n) is 9.37. The molecule has 1 atom stereocenters. The van der Waals surface area contributed by atoms with Crippen LogP contribution in [0.25, 0.3) is 5.69 Å². The molecule has 11 heteroatoms. The van der Waals surface area contributed by atoms with E-state index in [1.165, 1.54) is 66.9 Å². The number of aromatic nitrogens is 2. The van der Waals surface area contributed by atoms with Crippen molar-refractivity contribution in [1.82, 2.24) is 24.5 Å². The predicted molar refractivity (Wildman–Crippen MR) is 168 cm³/mol. The molecule has 0 bridgehead atoms. The first-order valence-electron chi connectivity index (χ1n) is 15.4. The average molecular weight is 602 g/mol. The number of carbonyl (C=O) groups excluding carboxylic acids is 2. The van der Waals surface area contributed by atoms with E-state index in [2.05, 4.69) is 38.7 Å². The highest BCUT2D eigenvalue weighted by Gasteiger charge is 2.37. The molecule has 6 rings (SSSR count). The second-order valence-corrected chi connectivity index (χ2v) is 12.3. The number of aliphatic hydroxyl groups is 1. The fraction of sp³-hybridized carbons (Fsp3) is 0.455. The molecule has 3 aromatic rings. The van der Waals surface area contributed by atoms with E-state index in [1.807, 2.05) is 12.1 Å². The van der Waals surface area contributed by atoms with Crippen LogP contribution in [0.5, 0.6) is 0 Å². The molecule has 3 aliphatic rings. The third kappa shape index (κ3) is 6.11. The van der Waals surface area contributed by atoms with Crippen molar-refractivity contribution in [3.05, 3.63) is 71.7 Å². The maximum absolute atomic E-state index is 13.5. The number of amides is 2. The van der Waals surface area contributed by atoms with Gasteiger partial charge >= 0.3 is 0 Å². The van der Waals surface area contributed by atoms with Gasteiger partial charge in [-0.05, 0) is 87.5 Å². The molecule has 0 spiro atoms. The molecular formula is C33H40FN7O3. The van der Waals surface area contributed by atoms with Crippen molar-refractivity contribution in [2.75, 3.05) is 57.8 Å². The Hall–Kier alpha value is -4.09. The Bertz CT molecular complexity index is 1500. The first kappa shape index (κ1) is 30.0. The van der Waals surface area contributed by atoms with Crippen molar-refractivity contribution >= 4 is 30.0 Å². The van der Waals surface area contributed by atoms with Gasteiger partial charge in [-0.1, -0.05) is 6.42 Å². The number of likely N-dealkylation sites (N-methyl/N-ethyl adjacent to an activating group) is 1. The Morgan fingerprint density at radius 3 is 2.43 bits per heavy atom. The van der Waals surface area contributed by atoms with Crippen LogP contribution in [0.2, 0.25) is 0 Å². The summed E-state index contributed by atoms with van der Waals surface area (Å²) < 4.78 is 14.9. The lowest BCUT2D eigenvalue weighted by Gasteiger charge is -2.45. The normalized spacial score (nSPS) is 20.2.